The van der Waals surface area contributed by atoms with Crippen molar-refractivity contribution in [3.8, 4) is 23.7 Å². The zero-order valence-electron chi connectivity index (χ0n) is 11.4. The van der Waals surface area contributed by atoms with Gasteiger partial charge in [0.05, 0.1) is 6.61 Å². The lowest BCUT2D eigenvalue weighted by molar-refractivity contribution is 0.271. The van der Waals surface area contributed by atoms with Crippen LogP contribution < -0.4 is 0 Å². The first-order chi connectivity index (χ1) is 9.83. The van der Waals surface area contributed by atoms with Crippen molar-refractivity contribution in [2.24, 2.45) is 0 Å². The Hall–Kier alpha value is -2.00. The van der Waals surface area contributed by atoms with Crippen LogP contribution in [-0.2, 0) is 0 Å². The summed E-state index contributed by atoms with van der Waals surface area (Å²) in [6.07, 6.45) is 2.68. The van der Waals surface area contributed by atoms with Crippen molar-refractivity contribution in [2.45, 2.75) is 31.8 Å². The molecule has 0 amide bonds. The number of aliphatic hydroxyl groups excluding tert-OH is 2. The molecule has 1 aromatic rings. The van der Waals surface area contributed by atoms with E-state index in [1.54, 1.807) is 0 Å². The van der Waals surface area contributed by atoms with Crippen molar-refractivity contribution in [1.29, 1.82) is 0 Å². The molecule has 1 aliphatic carbocycles. The first-order valence-corrected chi connectivity index (χ1v) is 6.87. The molecule has 0 aliphatic heterocycles. The van der Waals surface area contributed by atoms with Gasteiger partial charge >= 0.3 is 0 Å². The summed E-state index contributed by atoms with van der Waals surface area (Å²) in [7, 11) is 0. The molecule has 20 heavy (non-hydrogen) atoms. The summed E-state index contributed by atoms with van der Waals surface area (Å²) in [5.74, 6) is 11.9. The van der Waals surface area contributed by atoms with Gasteiger partial charge < -0.3 is 10.2 Å². The third-order valence-electron chi connectivity index (χ3n) is 3.19. The average Bonchev–Trinajstić information content (AvgIpc) is 2.49. The van der Waals surface area contributed by atoms with Gasteiger partial charge in [0.25, 0.3) is 0 Å². The minimum atomic E-state index is -0.928. The van der Waals surface area contributed by atoms with Crippen molar-refractivity contribution < 1.29 is 10.2 Å². The molecule has 0 aromatic heterocycles. The van der Waals surface area contributed by atoms with Gasteiger partial charge in [0, 0.05) is 18.4 Å². The minimum Gasteiger partial charge on any atom is -0.392 e. The molecule has 0 bridgehead atoms. The average molecular weight is 266 g/mol. The molecule has 0 saturated carbocycles. The monoisotopic (exact) mass is 266 g/mol. The predicted molar refractivity (Wildman–Crippen MR) is 80.5 cm³/mol. The highest BCUT2D eigenvalue weighted by Crippen LogP contribution is 2.20. The van der Waals surface area contributed by atoms with E-state index in [0.29, 0.717) is 11.1 Å². The van der Waals surface area contributed by atoms with E-state index in [9.17, 15) is 10.2 Å². The quantitative estimate of drug-likeness (QED) is 0.807. The summed E-state index contributed by atoms with van der Waals surface area (Å²) in [5.41, 5.74) is 2.05. The Balaban J connectivity index is 2.48. The van der Waals surface area contributed by atoms with Gasteiger partial charge in [0.1, 0.15) is 6.10 Å². The molecule has 2 rings (SSSR count). The maximum atomic E-state index is 10.2. The second-order valence-corrected chi connectivity index (χ2v) is 4.65. The standard InChI is InChI=1S/C18H18O2/c19-14-17(15-10-6-5-7-11-15)16-12-8-3-1-2-4-9-13-18(16)20/h5-7,10-11,18-20H,1-4,14H2. The fourth-order valence-electron chi connectivity index (χ4n) is 2.11. The largest absolute Gasteiger partial charge is 0.392 e. The van der Waals surface area contributed by atoms with E-state index in [1.807, 2.05) is 30.3 Å². The molecule has 1 aromatic carbocycles. The third kappa shape index (κ3) is 3.75. The van der Waals surface area contributed by atoms with E-state index >= 15 is 0 Å². The Labute approximate surface area is 120 Å². The van der Waals surface area contributed by atoms with E-state index in [4.69, 9.17) is 0 Å². The van der Waals surface area contributed by atoms with E-state index in [2.05, 4.69) is 23.7 Å². The summed E-state index contributed by atoms with van der Waals surface area (Å²) >= 11 is 0. The van der Waals surface area contributed by atoms with Gasteiger partial charge in [-0.3, -0.25) is 0 Å². The van der Waals surface area contributed by atoms with Crippen molar-refractivity contribution in [1.82, 2.24) is 0 Å². The van der Waals surface area contributed by atoms with Crippen LogP contribution >= 0.6 is 0 Å². The number of hydrogen-bond acceptors (Lipinski definition) is 2. The molecule has 1 unspecified atom stereocenters. The van der Waals surface area contributed by atoms with Crippen LogP contribution in [0.2, 0.25) is 0 Å². The minimum absolute atomic E-state index is 0.160. The maximum Gasteiger partial charge on any atom is 0.148 e. The molecule has 2 heteroatoms. The molecule has 0 saturated heterocycles. The molecule has 102 valence electrons. The van der Waals surface area contributed by atoms with Gasteiger partial charge in [-0.2, -0.15) is 0 Å². The molecule has 0 spiro atoms. The first kappa shape index (κ1) is 14.4. The molecule has 1 aliphatic rings. The Kier molecular flexibility index (Phi) is 5.44. The molecule has 0 fully saturated rings. The van der Waals surface area contributed by atoms with E-state index in [0.717, 1.165) is 31.2 Å². The van der Waals surface area contributed by atoms with Gasteiger partial charge in [-0.25, -0.2) is 0 Å². The van der Waals surface area contributed by atoms with Crippen molar-refractivity contribution in [3.63, 3.8) is 0 Å². The molecule has 0 radical (unpaired) electrons. The fraction of sp³-hybridized carbons (Fsp3) is 0.333. The zero-order valence-corrected chi connectivity index (χ0v) is 11.4. The SMILES string of the molecule is OCC(=C1C#CCCCCC#CC1O)c1ccccc1. The second-order valence-electron chi connectivity index (χ2n) is 4.65. The fourth-order valence-corrected chi connectivity index (χ4v) is 2.11. The maximum absolute atomic E-state index is 10.2. The van der Waals surface area contributed by atoms with E-state index in [1.165, 1.54) is 0 Å². The Morgan fingerprint density at radius 3 is 2.50 bits per heavy atom. The smallest absolute Gasteiger partial charge is 0.148 e. The third-order valence-corrected chi connectivity index (χ3v) is 3.19. The predicted octanol–water partition coefficient (Wildman–Crippen LogP) is 2.37. The number of aliphatic hydroxyl groups is 2. The summed E-state index contributed by atoms with van der Waals surface area (Å²) in [6, 6.07) is 9.52. The highest BCUT2D eigenvalue weighted by molar-refractivity contribution is 5.74. The summed E-state index contributed by atoms with van der Waals surface area (Å²) < 4.78 is 0. The Bertz CT molecular complexity index is 591. The van der Waals surface area contributed by atoms with Gasteiger partial charge in [-0.05, 0) is 24.0 Å². The highest BCUT2D eigenvalue weighted by atomic mass is 16.3. The lowest BCUT2D eigenvalue weighted by Crippen LogP contribution is -2.11. The number of benzene rings is 1. The van der Waals surface area contributed by atoms with Crippen LogP contribution in [0.3, 0.4) is 0 Å². The Morgan fingerprint density at radius 2 is 1.80 bits per heavy atom. The normalized spacial score (nSPS) is 21.0. The van der Waals surface area contributed by atoms with E-state index < -0.39 is 6.10 Å². The van der Waals surface area contributed by atoms with Gasteiger partial charge in [0.15, 0.2) is 0 Å². The van der Waals surface area contributed by atoms with Crippen LogP contribution in [0.1, 0.15) is 31.2 Å². The van der Waals surface area contributed by atoms with E-state index in [-0.39, 0.29) is 6.61 Å². The molecule has 2 N–H and O–H groups in total. The number of hydrogen-bond donors (Lipinski definition) is 2. The van der Waals surface area contributed by atoms with Crippen LogP contribution in [0.4, 0.5) is 0 Å². The molecular formula is C18H18O2. The van der Waals surface area contributed by atoms with Crippen LogP contribution in [0.5, 0.6) is 0 Å². The van der Waals surface area contributed by atoms with Crippen LogP contribution in [0.25, 0.3) is 5.57 Å². The van der Waals surface area contributed by atoms with Crippen molar-refractivity contribution in [3.05, 3.63) is 41.5 Å². The van der Waals surface area contributed by atoms with Gasteiger partial charge in [0.2, 0.25) is 0 Å². The summed E-state index contributed by atoms with van der Waals surface area (Å²) in [4.78, 5) is 0. The second kappa shape index (κ2) is 7.56. The summed E-state index contributed by atoms with van der Waals surface area (Å²) in [6.45, 7) is -0.160. The topological polar surface area (TPSA) is 40.5 Å². The zero-order chi connectivity index (χ0) is 14.2. The van der Waals surface area contributed by atoms with Crippen LogP contribution in [-0.4, -0.2) is 22.9 Å². The summed E-state index contributed by atoms with van der Waals surface area (Å²) in [5, 5.41) is 19.9. The lowest BCUT2D eigenvalue weighted by atomic mass is 9.96. The lowest BCUT2D eigenvalue weighted by Gasteiger charge is -2.12. The first-order valence-electron chi connectivity index (χ1n) is 6.87. The van der Waals surface area contributed by atoms with Crippen molar-refractivity contribution in [2.75, 3.05) is 6.61 Å². The van der Waals surface area contributed by atoms with Gasteiger partial charge in [-0.15, -0.1) is 5.92 Å². The van der Waals surface area contributed by atoms with Crippen LogP contribution in [0, 0.1) is 23.7 Å². The molecule has 2 nitrogen and oxygen atoms in total. The highest BCUT2D eigenvalue weighted by Gasteiger charge is 2.13. The van der Waals surface area contributed by atoms with Gasteiger partial charge in [-0.1, -0.05) is 48.1 Å². The molecule has 0 heterocycles. The number of rotatable bonds is 2. The van der Waals surface area contributed by atoms with Crippen LogP contribution in [0.15, 0.2) is 35.9 Å². The Morgan fingerprint density at radius 1 is 1.10 bits per heavy atom. The van der Waals surface area contributed by atoms with Crippen molar-refractivity contribution >= 4 is 5.57 Å². The molecular weight excluding hydrogens is 248 g/mol. The molecule has 1 atom stereocenters.